The molecule has 0 aliphatic heterocycles. The molecule has 2 atom stereocenters. The fraction of sp³-hybridized carbons (Fsp3) is 0.562. The van der Waals surface area contributed by atoms with Crippen molar-refractivity contribution >= 4 is 37.3 Å². The van der Waals surface area contributed by atoms with E-state index < -0.39 is 21.4 Å². The van der Waals surface area contributed by atoms with Crippen molar-refractivity contribution in [1.29, 1.82) is 0 Å². The molecular formula is C16H25BrN2OS2. The topological polar surface area (TPSA) is 48.0 Å². The van der Waals surface area contributed by atoms with Crippen molar-refractivity contribution in [2.45, 2.75) is 38.0 Å². The van der Waals surface area contributed by atoms with Crippen molar-refractivity contribution in [2.24, 2.45) is 0 Å². The Bertz CT molecular complexity index is 556. The second-order valence-electron chi connectivity index (χ2n) is 6.76. The second-order valence-corrected chi connectivity index (χ2v) is 13.4. The lowest BCUT2D eigenvalue weighted by Gasteiger charge is -2.27. The summed E-state index contributed by atoms with van der Waals surface area (Å²) in [4.78, 5) is 4.48. The van der Waals surface area contributed by atoms with E-state index in [0.29, 0.717) is 6.42 Å². The van der Waals surface area contributed by atoms with E-state index in [1.54, 1.807) is 0 Å². The molecule has 124 valence electrons. The van der Waals surface area contributed by atoms with Crippen LogP contribution in [0.2, 0.25) is 0 Å². The molecule has 1 unspecified atom stereocenters. The summed E-state index contributed by atoms with van der Waals surface area (Å²) in [5.41, 5.74) is 0.852. The third-order valence-electron chi connectivity index (χ3n) is 2.58. The molecular weight excluding hydrogens is 380 g/mol. The molecule has 1 aromatic rings. The number of hydrogen-bond acceptors (Lipinski definition) is 3. The Morgan fingerprint density at radius 1 is 1.36 bits per heavy atom. The second kappa shape index (κ2) is 8.07. The highest BCUT2D eigenvalue weighted by molar-refractivity contribution is 9.10. The molecule has 0 amide bonds. The molecule has 0 aliphatic carbocycles. The van der Waals surface area contributed by atoms with E-state index in [4.69, 9.17) is 0 Å². The monoisotopic (exact) mass is 404 g/mol. The molecule has 0 aliphatic rings. The third kappa shape index (κ3) is 7.38. The Kier molecular flexibility index (Phi) is 7.28. The van der Waals surface area contributed by atoms with Gasteiger partial charge in [0.2, 0.25) is 0 Å². The number of nitrogens with zero attached hydrogens (tertiary/aromatic N) is 1. The van der Waals surface area contributed by atoms with E-state index in [0.717, 1.165) is 10.3 Å². The number of hydrogen-bond donors (Lipinski definition) is 1. The van der Waals surface area contributed by atoms with Crippen molar-refractivity contribution in [3.8, 4) is 11.2 Å². The minimum Gasteiger partial charge on any atom is -0.598 e. The molecule has 0 saturated heterocycles. The van der Waals surface area contributed by atoms with Crippen LogP contribution in [0.4, 0.5) is 0 Å². The van der Waals surface area contributed by atoms with E-state index in [9.17, 15) is 4.55 Å². The van der Waals surface area contributed by atoms with E-state index in [1.807, 2.05) is 39.0 Å². The van der Waals surface area contributed by atoms with E-state index in [-0.39, 0.29) is 10.8 Å². The fourth-order valence-corrected chi connectivity index (χ4v) is 3.18. The lowest BCUT2D eigenvalue weighted by atomic mass is 10.1. The fourth-order valence-electron chi connectivity index (χ4n) is 1.49. The number of pyridine rings is 1. The van der Waals surface area contributed by atoms with E-state index in [2.05, 4.69) is 55.6 Å². The molecule has 3 nitrogen and oxygen atoms in total. The van der Waals surface area contributed by atoms with Gasteiger partial charge < -0.3 is 4.55 Å². The Morgan fingerprint density at radius 3 is 2.50 bits per heavy atom. The van der Waals surface area contributed by atoms with Gasteiger partial charge >= 0.3 is 0 Å². The summed E-state index contributed by atoms with van der Waals surface area (Å²) in [7, 11) is -0.861. The van der Waals surface area contributed by atoms with Gasteiger partial charge in [0.05, 0.1) is 5.69 Å². The summed E-state index contributed by atoms with van der Waals surface area (Å²) in [6.07, 6.45) is 7.07. The van der Waals surface area contributed by atoms with Crippen LogP contribution in [0.25, 0.3) is 0 Å². The zero-order valence-electron chi connectivity index (χ0n) is 14.1. The molecule has 0 fully saturated rings. The van der Waals surface area contributed by atoms with Crippen LogP contribution >= 0.6 is 26.0 Å². The van der Waals surface area contributed by atoms with Crippen LogP contribution in [0.3, 0.4) is 0 Å². The largest absolute Gasteiger partial charge is 0.598 e. The highest BCUT2D eigenvalue weighted by Gasteiger charge is 2.30. The van der Waals surface area contributed by atoms with Crippen LogP contribution in [-0.2, 0) is 11.4 Å². The van der Waals surface area contributed by atoms with E-state index >= 15 is 0 Å². The van der Waals surface area contributed by atoms with Crippen LogP contribution in [0.1, 0.15) is 38.9 Å². The molecule has 1 heterocycles. The molecule has 0 saturated carbocycles. The van der Waals surface area contributed by atoms with Crippen molar-refractivity contribution in [2.75, 3.05) is 18.8 Å². The highest BCUT2D eigenvalue weighted by Crippen LogP contribution is 2.32. The Hall–Kier alpha value is -0.190. The molecule has 0 radical (unpaired) electrons. The van der Waals surface area contributed by atoms with Gasteiger partial charge in [0.15, 0.2) is 0 Å². The number of halogens is 1. The normalized spacial score (nSPS) is 15.6. The summed E-state index contributed by atoms with van der Waals surface area (Å²) in [6.45, 7) is 5.85. The Balaban J connectivity index is 2.97. The lowest BCUT2D eigenvalue weighted by molar-refractivity contribution is 0.522. The van der Waals surface area contributed by atoms with Crippen LogP contribution < -0.4 is 4.72 Å². The zero-order valence-corrected chi connectivity index (χ0v) is 17.3. The summed E-state index contributed by atoms with van der Waals surface area (Å²) in [5, 5.41) is 3.30. The van der Waals surface area contributed by atoms with Crippen molar-refractivity contribution in [1.82, 2.24) is 9.71 Å². The first-order valence-corrected chi connectivity index (χ1v) is 11.8. The summed E-state index contributed by atoms with van der Waals surface area (Å²) >= 11 is 2.22. The highest BCUT2D eigenvalue weighted by atomic mass is 79.9. The van der Waals surface area contributed by atoms with Crippen molar-refractivity contribution in [3.05, 3.63) is 28.5 Å². The van der Waals surface area contributed by atoms with E-state index in [1.165, 1.54) is 0 Å². The predicted octanol–water partition coefficient (Wildman–Crippen LogP) is 3.98. The number of nitrogens with one attached hydrogen (secondary N) is 1. The van der Waals surface area contributed by atoms with Crippen molar-refractivity contribution < 1.29 is 4.55 Å². The molecule has 0 aromatic carbocycles. The smallest absolute Gasteiger partial charge is 0.136 e. The number of aromatic nitrogens is 1. The average molecular weight is 405 g/mol. The first-order chi connectivity index (χ1) is 9.99. The third-order valence-corrected chi connectivity index (χ3v) is 5.39. The van der Waals surface area contributed by atoms with Gasteiger partial charge in [0.25, 0.3) is 0 Å². The molecule has 1 N–H and O–H groups in total. The molecule has 0 spiro atoms. The maximum Gasteiger partial charge on any atom is 0.136 e. The minimum absolute atomic E-state index is 0.146. The molecule has 22 heavy (non-hydrogen) atoms. The van der Waals surface area contributed by atoms with Gasteiger partial charge in [-0.2, -0.15) is 10.0 Å². The van der Waals surface area contributed by atoms with Crippen LogP contribution in [-0.4, -0.2) is 33.1 Å². The molecule has 6 heteroatoms. The van der Waals surface area contributed by atoms with Gasteiger partial charge in [-0.25, -0.2) is 4.98 Å². The summed E-state index contributed by atoms with van der Waals surface area (Å²) in [6, 6.07) is 5.61. The van der Waals surface area contributed by atoms with Gasteiger partial charge in [-0.3, -0.25) is 0 Å². The molecule has 0 bridgehead atoms. The Morgan fingerprint density at radius 2 is 2.00 bits per heavy atom. The van der Waals surface area contributed by atoms with Crippen LogP contribution in [0.5, 0.6) is 0 Å². The quantitative estimate of drug-likeness (QED) is 0.468. The standard InChI is InChI=1S/C16H25BrN2OS2/c1-16(2,3)21(20)19-14(10-8-12-22(4,5)6)13-9-7-11-15(17)18-13/h7,9,11,14,19H,10H2,1-6H3/t14-,21?/m0/s1. The molecule has 1 rings (SSSR count). The Labute approximate surface area is 147 Å². The SMILES string of the molecule is CC(C)(C)[S+]([O-])N[C@@H](CC#CS(C)(C)C)c1cccc(Br)n1. The summed E-state index contributed by atoms with van der Waals surface area (Å²) < 4.78 is 16.0. The van der Waals surface area contributed by atoms with Gasteiger partial charge in [-0.05, 0) is 67.6 Å². The molecule has 1 aromatic heterocycles. The van der Waals surface area contributed by atoms with Crippen LogP contribution in [0, 0.1) is 11.2 Å². The first kappa shape index (κ1) is 19.9. The van der Waals surface area contributed by atoms with Crippen LogP contribution in [0.15, 0.2) is 22.8 Å². The first-order valence-electron chi connectivity index (χ1n) is 6.97. The minimum atomic E-state index is -1.17. The van der Waals surface area contributed by atoms with Gasteiger partial charge in [0, 0.05) is 17.8 Å². The van der Waals surface area contributed by atoms with Gasteiger partial charge in [-0.1, -0.05) is 17.2 Å². The maximum absolute atomic E-state index is 12.4. The van der Waals surface area contributed by atoms with Crippen molar-refractivity contribution in [3.63, 3.8) is 0 Å². The predicted molar refractivity (Wildman–Crippen MR) is 103 cm³/mol. The lowest BCUT2D eigenvalue weighted by Crippen LogP contribution is -2.41. The average Bonchev–Trinajstić information content (AvgIpc) is 2.34. The maximum atomic E-state index is 12.4. The van der Waals surface area contributed by atoms with Gasteiger partial charge in [-0.15, -0.1) is 4.72 Å². The van der Waals surface area contributed by atoms with Gasteiger partial charge in [0.1, 0.15) is 15.4 Å². The zero-order chi connectivity index (χ0) is 17.0. The number of rotatable bonds is 4. The summed E-state index contributed by atoms with van der Waals surface area (Å²) in [5.74, 6) is 3.23.